The predicted molar refractivity (Wildman–Crippen MR) is 62.6 cm³/mol. The van der Waals surface area contributed by atoms with Gasteiger partial charge < -0.3 is 10.2 Å². The Labute approximate surface area is 99.9 Å². The van der Waals surface area contributed by atoms with Crippen LogP contribution in [0.3, 0.4) is 0 Å². The van der Waals surface area contributed by atoms with Gasteiger partial charge in [-0.15, -0.1) is 0 Å². The van der Waals surface area contributed by atoms with Crippen molar-refractivity contribution >= 4 is 11.6 Å². The van der Waals surface area contributed by atoms with Crippen LogP contribution in [-0.2, 0) is 11.2 Å². The fourth-order valence-electron chi connectivity index (χ4n) is 1.48. The zero-order valence-corrected chi connectivity index (χ0v) is 9.93. The van der Waals surface area contributed by atoms with E-state index in [1.165, 1.54) is 19.1 Å². The molecule has 0 atom stereocenters. The standard InChI is InChI=1S/C13H16O4/c1-3-11(14)12(15)10-6-4-9(5-7-10)8-13(2,16)17/h4-7,16-17H,3,8H2,1-2H3. The van der Waals surface area contributed by atoms with Gasteiger partial charge >= 0.3 is 0 Å². The molecule has 0 bridgehead atoms. The molecular weight excluding hydrogens is 220 g/mol. The summed E-state index contributed by atoms with van der Waals surface area (Å²) in [6.07, 6.45) is 0.259. The van der Waals surface area contributed by atoms with E-state index in [1.54, 1.807) is 19.1 Å². The summed E-state index contributed by atoms with van der Waals surface area (Å²) in [6, 6.07) is 6.27. The molecule has 4 heteroatoms. The number of ketones is 2. The van der Waals surface area contributed by atoms with Crippen LogP contribution in [-0.4, -0.2) is 27.6 Å². The molecule has 0 spiro atoms. The fraction of sp³-hybridized carbons (Fsp3) is 0.385. The van der Waals surface area contributed by atoms with Crippen molar-refractivity contribution in [2.45, 2.75) is 32.5 Å². The maximum Gasteiger partial charge on any atom is 0.228 e. The van der Waals surface area contributed by atoms with Crippen molar-refractivity contribution in [3.8, 4) is 0 Å². The van der Waals surface area contributed by atoms with Gasteiger partial charge in [0.25, 0.3) is 0 Å². The Morgan fingerprint density at radius 2 is 1.71 bits per heavy atom. The second-order valence-corrected chi connectivity index (χ2v) is 4.20. The summed E-state index contributed by atoms with van der Waals surface area (Å²) in [4.78, 5) is 22.7. The average molecular weight is 236 g/mol. The van der Waals surface area contributed by atoms with Crippen molar-refractivity contribution in [3.63, 3.8) is 0 Å². The number of carbonyl (C=O) groups is 2. The number of benzene rings is 1. The molecule has 4 nitrogen and oxygen atoms in total. The number of Topliss-reactive ketones (excluding diaryl/α,β-unsaturated/α-hetero) is 2. The molecular formula is C13H16O4. The third kappa shape index (κ3) is 4.09. The summed E-state index contributed by atoms with van der Waals surface area (Å²) in [5, 5.41) is 18.4. The first-order chi connectivity index (χ1) is 7.83. The number of hydrogen-bond acceptors (Lipinski definition) is 4. The van der Waals surface area contributed by atoms with E-state index in [0.717, 1.165) is 0 Å². The summed E-state index contributed by atoms with van der Waals surface area (Å²) in [7, 11) is 0. The molecule has 0 aromatic heterocycles. The zero-order valence-electron chi connectivity index (χ0n) is 9.93. The highest BCUT2D eigenvalue weighted by Crippen LogP contribution is 2.12. The highest BCUT2D eigenvalue weighted by atomic mass is 16.5. The molecule has 17 heavy (non-hydrogen) atoms. The van der Waals surface area contributed by atoms with E-state index in [1.807, 2.05) is 0 Å². The minimum atomic E-state index is -1.77. The van der Waals surface area contributed by atoms with Crippen LogP contribution in [0.2, 0.25) is 0 Å². The van der Waals surface area contributed by atoms with Gasteiger partial charge in [-0.05, 0) is 12.5 Å². The van der Waals surface area contributed by atoms with Crippen LogP contribution in [0.1, 0.15) is 36.2 Å². The maximum absolute atomic E-state index is 11.5. The minimum Gasteiger partial charge on any atom is -0.366 e. The summed E-state index contributed by atoms with van der Waals surface area (Å²) >= 11 is 0. The van der Waals surface area contributed by atoms with Gasteiger partial charge in [-0.1, -0.05) is 31.2 Å². The highest BCUT2D eigenvalue weighted by molar-refractivity contribution is 6.43. The molecule has 0 saturated carbocycles. The van der Waals surface area contributed by atoms with Gasteiger partial charge in [0.15, 0.2) is 5.79 Å². The van der Waals surface area contributed by atoms with Crippen molar-refractivity contribution in [2.75, 3.05) is 0 Å². The zero-order chi connectivity index (χ0) is 13.1. The van der Waals surface area contributed by atoms with E-state index in [0.29, 0.717) is 11.1 Å². The Morgan fingerprint density at radius 3 is 2.12 bits per heavy atom. The molecule has 92 valence electrons. The third-order valence-corrected chi connectivity index (χ3v) is 2.33. The van der Waals surface area contributed by atoms with Crippen LogP contribution in [0.25, 0.3) is 0 Å². The number of hydrogen-bond donors (Lipinski definition) is 2. The molecule has 2 N–H and O–H groups in total. The summed E-state index contributed by atoms with van der Waals surface area (Å²) < 4.78 is 0. The van der Waals surface area contributed by atoms with E-state index in [9.17, 15) is 19.8 Å². The molecule has 1 aromatic rings. The Bertz CT molecular complexity index is 412. The van der Waals surface area contributed by atoms with Crippen LogP contribution in [0.15, 0.2) is 24.3 Å². The van der Waals surface area contributed by atoms with Crippen LogP contribution in [0.4, 0.5) is 0 Å². The quantitative estimate of drug-likeness (QED) is 0.456. The lowest BCUT2D eigenvalue weighted by Crippen LogP contribution is -2.25. The smallest absolute Gasteiger partial charge is 0.228 e. The third-order valence-electron chi connectivity index (χ3n) is 2.33. The van der Waals surface area contributed by atoms with Gasteiger partial charge in [-0.3, -0.25) is 9.59 Å². The van der Waals surface area contributed by atoms with Crippen molar-refractivity contribution in [1.29, 1.82) is 0 Å². The first-order valence-corrected chi connectivity index (χ1v) is 5.44. The average Bonchev–Trinajstić information content (AvgIpc) is 2.26. The normalized spacial score (nSPS) is 11.3. The van der Waals surface area contributed by atoms with E-state index < -0.39 is 17.4 Å². The first kappa shape index (κ1) is 13.5. The molecule has 0 unspecified atom stereocenters. The second kappa shape index (κ2) is 5.21. The van der Waals surface area contributed by atoms with Crippen molar-refractivity contribution in [2.24, 2.45) is 0 Å². The topological polar surface area (TPSA) is 74.6 Å². The molecule has 0 radical (unpaired) electrons. The second-order valence-electron chi connectivity index (χ2n) is 4.20. The molecule has 1 aromatic carbocycles. The molecule has 1 rings (SSSR count). The van der Waals surface area contributed by atoms with Crippen molar-refractivity contribution < 1.29 is 19.8 Å². The van der Waals surface area contributed by atoms with Gasteiger partial charge in [0.05, 0.1) is 0 Å². The summed E-state index contributed by atoms with van der Waals surface area (Å²) in [5.74, 6) is -2.70. The largest absolute Gasteiger partial charge is 0.366 e. The van der Waals surface area contributed by atoms with Gasteiger partial charge in [0.2, 0.25) is 11.6 Å². The summed E-state index contributed by atoms with van der Waals surface area (Å²) in [6.45, 7) is 2.92. The molecule has 0 amide bonds. The molecule has 0 saturated heterocycles. The first-order valence-electron chi connectivity index (χ1n) is 5.44. The SMILES string of the molecule is CCC(=O)C(=O)c1ccc(CC(C)(O)O)cc1. The van der Waals surface area contributed by atoms with E-state index in [2.05, 4.69) is 0 Å². The lowest BCUT2D eigenvalue weighted by atomic mass is 10.0. The molecule has 0 heterocycles. The van der Waals surface area contributed by atoms with Crippen LogP contribution in [0.5, 0.6) is 0 Å². The van der Waals surface area contributed by atoms with Crippen LogP contribution >= 0.6 is 0 Å². The Hall–Kier alpha value is -1.52. The number of carbonyl (C=O) groups excluding carboxylic acids is 2. The van der Waals surface area contributed by atoms with E-state index in [-0.39, 0.29) is 12.8 Å². The van der Waals surface area contributed by atoms with Crippen molar-refractivity contribution in [1.82, 2.24) is 0 Å². The van der Waals surface area contributed by atoms with Gasteiger partial charge in [0.1, 0.15) is 0 Å². The highest BCUT2D eigenvalue weighted by Gasteiger charge is 2.17. The minimum absolute atomic E-state index is 0.0726. The lowest BCUT2D eigenvalue weighted by Gasteiger charge is -2.15. The van der Waals surface area contributed by atoms with Gasteiger partial charge in [0, 0.05) is 18.4 Å². The fourth-order valence-corrected chi connectivity index (χ4v) is 1.48. The number of rotatable bonds is 5. The van der Waals surface area contributed by atoms with Crippen molar-refractivity contribution in [3.05, 3.63) is 35.4 Å². The summed E-state index contributed by atoms with van der Waals surface area (Å²) in [5.41, 5.74) is 1.02. The molecule has 0 aliphatic heterocycles. The van der Waals surface area contributed by atoms with E-state index in [4.69, 9.17) is 0 Å². The Morgan fingerprint density at radius 1 is 1.18 bits per heavy atom. The Balaban J connectivity index is 2.82. The predicted octanol–water partition coefficient (Wildman–Crippen LogP) is 1.09. The van der Waals surface area contributed by atoms with Crippen LogP contribution < -0.4 is 0 Å². The maximum atomic E-state index is 11.5. The Kier molecular flexibility index (Phi) is 4.15. The van der Waals surface area contributed by atoms with Gasteiger partial charge in [-0.25, -0.2) is 0 Å². The monoisotopic (exact) mass is 236 g/mol. The molecule has 0 fully saturated rings. The number of aliphatic hydroxyl groups is 2. The molecule has 0 aliphatic carbocycles. The lowest BCUT2D eigenvalue weighted by molar-refractivity contribution is -0.142. The van der Waals surface area contributed by atoms with E-state index >= 15 is 0 Å². The van der Waals surface area contributed by atoms with Crippen LogP contribution in [0, 0.1) is 0 Å². The molecule has 0 aliphatic rings. The van der Waals surface area contributed by atoms with Gasteiger partial charge in [-0.2, -0.15) is 0 Å².